The van der Waals surface area contributed by atoms with Crippen molar-refractivity contribution in [3.05, 3.63) is 53.6 Å². The molecule has 2 rings (SSSR count). The second-order valence-corrected chi connectivity index (χ2v) is 5.25. The molecule has 0 saturated heterocycles. The van der Waals surface area contributed by atoms with Gasteiger partial charge in [0.15, 0.2) is 0 Å². The zero-order valence-electron chi connectivity index (χ0n) is 11.6. The molecule has 0 heterocycles. The van der Waals surface area contributed by atoms with Crippen LogP contribution in [0.2, 0.25) is 0 Å². The summed E-state index contributed by atoms with van der Waals surface area (Å²) < 4.78 is 0. The molecule has 1 heteroatoms. The van der Waals surface area contributed by atoms with E-state index in [9.17, 15) is 4.79 Å². The van der Waals surface area contributed by atoms with Gasteiger partial charge in [0.2, 0.25) is 0 Å². The zero-order valence-corrected chi connectivity index (χ0v) is 11.6. The number of hydrogen-bond acceptors (Lipinski definition) is 1. The maximum Gasteiger partial charge on any atom is 0.150 e. The first kappa shape index (κ1) is 13.8. The highest BCUT2D eigenvalue weighted by Gasteiger charge is 2.09. The zero-order chi connectivity index (χ0) is 13.5. The number of carbonyl (C=O) groups excluding carboxylic acids is 1. The lowest BCUT2D eigenvalue weighted by molar-refractivity contribution is 0.112. The van der Waals surface area contributed by atoms with Gasteiger partial charge in [0, 0.05) is 5.56 Å². The van der Waals surface area contributed by atoms with Crippen LogP contribution in [0.4, 0.5) is 0 Å². The molecule has 1 nitrogen and oxygen atoms in total. The van der Waals surface area contributed by atoms with Crippen LogP contribution >= 0.6 is 0 Å². The van der Waals surface area contributed by atoms with Crippen molar-refractivity contribution in [3.8, 4) is 0 Å². The molecular weight excluding hydrogens is 232 g/mol. The average Bonchev–Trinajstić information content (AvgIpc) is 2.48. The fourth-order valence-corrected chi connectivity index (χ4v) is 2.50. The molecule has 1 atom stereocenters. The van der Waals surface area contributed by atoms with Crippen molar-refractivity contribution >= 4 is 11.9 Å². The molecule has 0 saturated carbocycles. The fraction of sp³-hybridized carbons (Fsp3) is 0.389. The molecular formula is C18H22O. The molecule has 0 N–H and O–H groups in total. The van der Waals surface area contributed by atoms with Crippen molar-refractivity contribution < 1.29 is 4.79 Å². The Morgan fingerprint density at radius 2 is 2.00 bits per heavy atom. The van der Waals surface area contributed by atoms with Crippen LogP contribution in [-0.2, 0) is 0 Å². The second kappa shape index (κ2) is 7.08. The maximum atomic E-state index is 10.6. The van der Waals surface area contributed by atoms with Crippen molar-refractivity contribution in [3.63, 3.8) is 0 Å². The Labute approximate surface area is 116 Å². The van der Waals surface area contributed by atoms with Gasteiger partial charge < -0.3 is 0 Å². The molecule has 0 bridgehead atoms. The number of allylic oxidation sites excluding steroid dienone is 4. The fourth-order valence-electron chi connectivity index (χ4n) is 2.50. The summed E-state index contributed by atoms with van der Waals surface area (Å²) in [7, 11) is 0. The minimum absolute atomic E-state index is 0.713. The van der Waals surface area contributed by atoms with E-state index in [1.165, 1.54) is 36.8 Å². The van der Waals surface area contributed by atoms with E-state index in [0.717, 1.165) is 18.3 Å². The summed E-state index contributed by atoms with van der Waals surface area (Å²) in [6, 6.07) is 7.81. The van der Waals surface area contributed by atoms with Crippen LogP contribution in [-0.4, -0.2) is 6.29 Å². The molecule has 1 aromatic rings. The van der Waals surface area contributed by atoms with Gasteiger partial charge >= 0.3 is 0 Å². The molecule has 0 fully saturated rings. The Balaban J connectivity index is 1.93. The molecule has 1 aliphatic carbocycles. The monoisotopic (exact) mass is 254 g/mol. The van der Waals surface area contributed by atoms with Crippen LogP contribution in [0.3, 0.4) is 0 Å². The molecule has 100 valence electrons. The van der Waals surface area contributed by atoms with E-state index >= 15 is 0 Å². The molecule has 0 spiro atoms. The van der Waals surface area contributed by atoms with Gasteiger partial charge in [-0.05, 0) is 29.9 Å². The lowest BCUT2D eigenvalue weighted by Crippen LogP contribution is -2.00. The second-order valence-electron chi connectivity index (χ2n) is 5.25. The first-order chi connectivity index (χ1) is 9.33. The van der Waals surface area contributed by atoms with E-state index in [1.54, 1.807) is 0 Å². The number of benzene rings is 1. The molecule has 19 heavy (non-hydrogen) atoms. The van der Waals surface area contributed by atoms with E-state index in [2.05, 4.69) is 25.2 Å². The Morgan fingerprint density at radius 3 is 2.58 bits per heavy atom. The van der Waals surface area contributed by atoms with Gasteiger partial charge in [-0.15, -0.1) is 0 Å². The van der Waals surface area contributed by atoms with Crippen LogP contribution in [0.1, 0.15) is 54.9 Å². The quantitative estimate of drug-likeness (QED) is 0.513. The SMILES string of the molecule is CCCCCC1C=CC(c2ccc(C=O)cc2)=CC1. The van der Waals surface area contributed by atoms with Crippen molar-refractivity contribution in [1.82, 2.24) is 0 Å². The molecule has 0 radical (unpaired) electrons. The number of unbranched alkanes of at least 4 members (excludes halogenated alkanes) is 2. The molecule has 1 aromatic carbocycles. The van der Waals surface area contributed by atoms with Crippen molar-refractivity contribution in [2.75, 3.05) is 0 Å². The van der Waals surface area contributed by atoms with Crippen LogP contribution in [0.5, 0.6) is 0 Å². The molecule has 1 aliphatic rings. The number of aldehydes is 1. The first-order valence-electron chi connectivity index (χ1n) is 7.27. The van der Waals surface area contributed by atoms with Gasteiger partial charge in [-0.3, -0.25) is 4.79 Å². The van der Waals surface area contributed by atoms with Crippen molar-refractivity contribution in [1.29, 1.82) is 0 Å². The minimum atomic E-state index is 0.713. The Kier molecular flexibility index (Phi) is 5.14. The van der Waals surface area contributed by atoms with Gasteiger partial charge in [-0.25, -0.2) is 0 Å². The summed E-state index contributed by atoms with van der Waals surface area (Å²) in [6.45, 7) is 2.25. The van der Waals surface area contributed by atoms with Crippen LogP contribution in [0, 0.1) is 5.92 Å². The predicted octanol–water partition coefficient (Wildman–Crippen LogP) is 5.04. The summed E-state index contributed by atoms with van der Waals surface area (Å²) >= 11 is 0. The van der Waals surface area contributed by atoms with Crippen molar-refractivity contribution in [2.45, 2.75) is 39.0 Å². The van der Waals surface area contributed by atoms with E-state index in [4.69, 9.17) is 0 Å². The largest absolute Gasteiger partial charge is 0.298 e. The minimum Gasteiger partial charge on any atom is -0.298 e. The molecule has 0 amide bonds. The molecule has 0 aliphatic heterocycles. The summed E-state index contributed by atoms with van der Waals surface area (Å²) in [5.41, 5.74) is 3.22. The topological polar surface area (TPSA) is 17.1 Å². The smallest absolute Gasteiger partial charge is 0.150 e. The van der Waals surface area contributed by atoms with E-state index in [-0.39, 0.29) is 0 Å². The van der Waals surface area contributed by atoms with E-state index in [1.807, 2.05) is 24.3 Å². The van der Waals surface area contributed by atoms with Gasteiger partial charge in [-0.1, -0.05) is 68.7 Å². The predicted molar refractivity (Wildman–Crippen MR) is 81.2 cm³/mol. The third-order valence-corrected chi connectivity index (χ3v) is 3.75. The Hall–Kier alpha value is -1.63. The Bertz CT molecular complexity index is 465. The third kappa shape index (κ3) is 3.92. The van der Waals surface area contributed by atoms with Gasteiger partial charge in [-0.2, -0.15) is 0 Å². The summed E-state index contributed by atoms with van der Waals surface area (Å²) in [4.78, 5) is 10.6. The normalized spacial score (nSPS) is 18.2. The summed E-state index contributed by atoms with van der Waals surface area (Å²) in [5, 5.41) is 0. The molecule has 1 unspecified atom stereocenters. The highest BCUT2D eigenvalue weighted by Crippen LogP contribution is 2.27. The van der Waals surface area contributed by atoms with Crippen LogP contribution in [0.25, 0.3) is 5.57 Å². The third-order valence-electron chi connectivity index (χ3n) is 3.75. The number of carbonyl (C=O) groups is 1. The van der Waals surface area contributed by atoms with Crippen LogP contribution in [0.15, 0.2) is 42.5 Å². The Morgan fingerprint density at radius 1 is 1.21 bits per heavy atom. The highest BCUT2D eigenvalue weighted by molar-refractivity contribution is 5.79. The van der Waals surface area contributed by atoms with Gasteiger partial charge in [0.25, 0.3) is 0 Å². The summed E-state index contributed by atoms with van der Waals surface area (Å²) in [6.07, 6.45) is 14.2. The standard InChI is InChI=1S/C18H22O/c1-2-3-4-5-15-6-10-17(11-7-15)18-12-8-16(14-19)9-13-18/h6,8-15H,2-5,7H2,1H3. The highest BCUT2D eigenvalue weighted by atomic mass is 16.1. The lowest BCUT2D eigenvalue weighted by atomic mass is 9.89. The van der Waals surface area contributed by atoms with E-state index < -0.39 is 0 Å². The first-order valence-corrected chi connectivity index (χ1v) is 7.27. The summed E-state index contributed by atoms with van der Waals surface area (Å²) in [5.74, 6) is 0.713. The van der Waals surface area contributed by atoms with Crippen LogP contribution < -0.4 is 0 Å². The maximum absolute atomic E-state index is 10.6. The average molecular weight is 254 g/mol. The van der Waals surface area contributed by atoms with E-state index in [0.29, 0.717) is 5.92 Å². The number of hydrogen-bond donors (Lipinski definition) is 0. The van der Waals surface area contributed by atoms with Gasteiger partial charge in [0.1, 0.15) is 6.29 Å². The number of rotatable bonds is 6. The lowest BCUT2D eigenvalue weighted by Gasteiger charge is -2.16. The van der Waals surface area contributed by atoms with Crippen molar-refractivity contribution in [2.24, 2.45) is 5.92 Å². The molecule has 0 aromatic heterocycles. The van der Waals surface area contributed by atoms with Gasteiger partial charge in [0.05, 0.1) is 0 Å².